The van der Waals surface area contributed by atoms with Gasteiger partial charge in [0, 0.05) is 4.90 Å². The van der Waals surface area contributed by atoms with Gasteiger partial charge in [-0.05, 0) is 24.3 Å². The van der Waals surface area contributed by atoms with Crippen LogP contribution in [0, 0.1) is 0 Å². The van der Waals surface area contributed by atoms with Crippen molar-refractivity contribution in [2.24, 2.45) is 0 Å². The normalized spacial score (nSPS) is 11.1. The van der Waals surface area contributed by atoms with Gasteiger partial charge in [-0.3, -0.25) is 0 Å². The summed E-state index contributed by atoms with van der Waals surface area (Å²) in [5, 5.41) is 0. The van der Waals surface area contributed by atoms with Crippen LogP contribution < -0.4 is 4.18 Å². The van der Waals surface area contributed by atoms with Crippen LogP contribution in [-0.4, -0.2) is 8.42 Å². The molecule has 0 bridgehead atoms. The van der Waals surface area contributed by atoms with E-state index in [2.05, 4.69) is 12.6 Å². The highest BCUT2D eigenvalue weighted by atomic mass is 32.2. The van der Waals surface area contributed by atoms with Crippen molar-refractivity contribution in [2.45, 2.75) is 9.79 Å². The first kappa shape index (κ1) is 12.0. The Morgan fingerprint density at radius 2 is 1.47 bits per heavy atom. The second-order valence-electron chi connectivity index (χ2n) is 3.32. The summed E-state index contributed by atoms with van der Waals surface area (Å²) in [5.74, 6) is 0.282. The lowest BCUT2D eigenvalue weighted by molar-refractivity contribution is 0.484. The van der Waals surface area contributed by atoms with E-state index >= 15 is 0 Å². The predicted molar refractivity (Wildman–Crippen MR) is 67.9 cm³/mol. The highest BCUT2D eigenvalue weighted by Gasteiger charge is 2.18. The van der Waals surface area contributed by atoms with Crippen molar-refractivity contribution in [3.05, 3.63) is 54.6 Å². The number of thiol groups is 1. The lowest BCUT2D eigenvalue weighted by Crippen LogP contribution is -2.10. The van der Waals surface area contributed by atoms with Crippen molar-refractivity contribution in [1.29, 1.82) is 0 Å². The molecule has 0 fully saturated rings. The van der Waals surface area contributed by atoms with Gasteiger partial charge in [-0.25, -0.2) is 0 Å². The highest BCUT2D eigenvalue weighted by Crippen LogP contribution is 2.23. The maximum absolute atomic E-state index is 12.0. The van der Waals surface area contributed by atoms with Crippen LogP contribution in [0.5, 0.6) is 5.75 Å². The molecule has 0 heterocycles. The van der Waals surface area contributed by atoms with Crippen LogP contribution in [0.15, 0.2) is 64.4 Å². The van der Waals surface area contributed by atoms with Gasteiger partial charge in [-0.1, -0.05) is 30.3 Å². The third-order valence-electron chi connectivity index (χ3n) is 2.08. The van der Waals surface area contributed by atoms with Gasteiger partial charge in [-0.2, -0.15) is 8.42 Å². The molecule has 0 atom stereocenters. The SMILES string of the molecule is O=S(=O)(Oc1ccccc1)c1ccccc1S. The molecule has 5 heteroatoms. The molecule has 2 aromatic carbocycles. The fraction of sp³-hybridized carbons (Fsp3) is 0. The third-order valence-corrected chi connectivity index (χ3v) is 3.93. The van der Waals surface area contributed by atoms with Crippen LogP contribution in [0.3, 0.4) is 0 Å². The lowest BCUT2D eigenvalue weighted by atomic mass is 10.3. The molecule has 0 spiro atoms. The smallest absolute Gasteiger partial charge is 0.340 e. The molecule has 2 rings (SSSR count). The topological polar surface area (TPSA) is 43.4 Å². The number of rotatable bonds is 3. The van der Waals surface area contributed by atoms with Gasteiger partial charge in [-0.15, -0.1) is 12.6 Å². The highest BCUT2D eigenvalue weighted by molar-refractivity contribution is 7.88. The number of para-hydroxylation sites is 1. The van der Waals surface area contributed by atoms with Gasteiger partial charge in [0.05, 0.1) is 0 Å². The molecular weight excluding hydrogens is 256 g/mol. The summed E-state index contributed by atoms with van der Waals surface area (Å²) < 4.78 is 28.9. The Balaban J connectivity index is 2.36. The van der Waals surface area contributed by atoms with Gasteiger partial charge >= 0.3 is 10.1 Å². The van der Waals surface area contributed by atoms with E-state index in [9.17, 15) is 8.42 Å². The Morgan fingerprint density at radius 3 is 2.12 bits per heavy atom. The molecular formula is C12H10O3S2. The third kappa shape index (κ3) is 2.81. The minimum absolute atomic E-state index is 0.0622. The summed E-state index contributed by atoms with van der Waals surface area (Å²) in [6, 6.07) is 14.8. The zero-order valence-electron chi connectivity index (χ0n) is 8.78. The van der Waals surface area contributed by atoms with E-state index < -0.39 is 10.1 Å². The first-order chi connectivity index (χ1) is 8.09. The van der Waals surface area contributed by atoms with Crippen molar-refractivity contribution in [2.75, 3.05) is 0 Å². The zero-order chi connectivity index (χ0) is 12.3. The minimum Gasteiger partial charge on any atom is -0.379 e. The average molecular weight is 266 g/mol. The largest absolute Gasteiger partial charge is 0.379 e. The summed E-state index contributed by atoms with van der Waals surface area (Å²) >= 11 is 4.10. The van der Waals surface area contributed by atoms with Crippen molar-refractivity contribution in [3.63, 3.8) is 0 Å². The Labute approximate surface area is 106 Å². The molecule has 0 saturated carbocycles. The maximum Gasteiger partial charge on any atom is 0.340 e. The lowest BCUT2D eigenvalue weighted by Gasteiger charge is -2.08. The molecule has 0 aliphatic carbocycles. The molecule has 17 heavy (non-hydrogen) atoms. The molecule has 0 amide bonds. The van der Waals surface area contributed by atoms with Crippen molar-refractivity contribution < 1.29 is 12.6 Å². The van der Waals surface area contributed by atoms with Crippen molar-refractivity contribution in [1.82, 2.24) is 0 Å². The number of hydrogen-bond donors (Lipinski definition) is 1. The van der Waals surface area contributed by atoms with Crippen molar-refractivity contribution in [3.8, 4) is 5.75 Å². The van der Waals surface area contributed by atoms with Crippen LogP contribution in [0.25, 0.3) is 0 Å². The molecule has 3 nitrogen and oxygen atoms in total. The zero-order valence-corrected chi connectivity index (χ0v) is 10.5. The second-order valence-corrected chi connectivity index (χ2v) is 5.31. The van der Waals surface area contributed by atoms with E-state index in [0.29, 0.717) is 4.90 Å². The quantitative estimate of drug-likeness (QED) is 0.686. The van der Waals surface area contributed by atoms with Crippen molar-refractivity contribution >= 4 is 22.7 Å². The monoisotopic (exact) mass is 266 g/mol. The first-order valence-electron chi connectivity index (χ1n) is 4.87. The molecule has 0 unspecified atom stereocenters. The molecule has 0 N–H and O–H groups in total. The maximum atomic E-state index is 12.0. The number of hydrogen-bond acceptors (Lipinski definition) is 4. The molecule has 0 saturated heterocycles. The van der Waals surface area contributed by atoms with Crippen LogP contribution in [0.1, 0.15) is 0 Å². The number of benzene rings is 2. The molecule has 0 aliphatic heterocycles. The molecule has 0 aliphatic rings. The van der Waals surface area contributed by atoms with Gasteiger partial charge in [0.15, 0.2) is 0 Å². The van der Waals surface area contributed by atoms with E-state index in [1.165, 1.54) is 6.07 Å². The van der Waals surface area contributed by atoms with E-state index in [1.807, 2.05) is 0 Å². The second kappa shape index (κ2) is 4.81. The molecule has 88 valence electrons. The average Bonchev–Trinajstić information content (AvgIpc) is 2.30. The van der Waals surface area contributed by atoms with Gasteiger partial charge in [0.25, 0.3) is 0 Å². The fourth-order valence-corrected chi connectivity index (χ4v) is 2.84. The molecule has 0 aromatic heterocycles. The molecule has 0 radical (unpaired) electrons. The van der Waals surface area contributed by atoms with Gasteiger partial charge in [0.1, 0.15) is 10.6 Å². The summed E-state index contributed by atoms with van der Waals surface area (Å²) in [4.78, 5) is 0.426. The van der Waals surface area contributed by atoms with Crippen LogP contribution in [-0.2, 0) is 10.1 Å². The summed E-state index contributed by atoms with van der Waals surface area (Å²) in [6.45, 7) is 0. The molecule has 2 aromatic rings. The first-order valence-corrected chi connectivity index (χ1v) is 6.73. The fourth-order valence-electron chi connectivity index (χ4n) is 1.32. The minimum atomic E-state index is -3.82. The summed E-state index contributed by atoms with van der Waals surface area (Å²) in [7, 11) is -3.82. The van der Waals surface area contributed by atoms with E-state index in [-0.39, 0.29) is 10.6 Å². The standard InChI is InChI=1S/C12H10O3S2/c13-17(14,12-9-5-4-8-11(12)16)15-10-6-2-1-3-7-10/h1-9,16H. The van der Waals surface area contributed by atoms with Gasteiger partial charge in [0.2, 0.25) is 0 Å². The Bertz CT molecular complexity index is 607. The van der Waals surface area contributed by atoms with E-state index in [4.69, 9.17) is 4.18 Å². The van der Waals surface area contributed by atoms with E-state index in [1.54, 1.807) is 48.5 Å². The Kier molecular flexibility index (Phi) is 3.40. The Morgan fingerprint density at radius 1 is 0.882 bits per heavy atom. The van der Waals surface area contributed by atoms with Crippen LogP contribution in [0.4, 0.5) is 0 Å². The van der Waals surface area contributed by atoms with Crippen LogP contribution in [0.2, 0.25) is 0 Å². The van der Waals surface area contributed by atoms with Gasteiger partial charge < -0.3 is 4.18 Å². The van der Waals surface area contributed by atoms with Crippen LogP contribution >= 0.6 is 12.6 Å². The summed E-state index contributed by atoms with van der Waals surface area (Å²) in [5.41, 5.74) is 0. The Hall–Kier alpha value is -1.46. The predicted octanol–water partition coefficient (Wildman–Crippen LogP) is 2.74. The summed E-state index contributed by atoms with van der Waals surface area (Å²) in [6.07, 6.45) is 0. The van der Waals surface area contributed by atoms with E-state index in [0.717, 1.165) is 0 Å².